The first-order valence-electron chi connectivity index (χ1n) is 9.62. The number of aliphatic hydroxyl groups excluding tert-OH is 1. The van der Waals surface area contributed by atoms with Crippen LogP contribution in [-0.4, -0.2) is 35.5 Å². The van der Waals surface area contributed by atoms with Crippen LogP contribution in [0.5, 0.6) is 11.5 Å². The molecule has 2 aromatic carbocycles. The first kappa shape index (κ1) is 19.7. The average molecular weight is 405 g/mol. The van der Waals surface area contributed by atoms with Gasteiger partial charge < -0.3 is 23.6 Å². The molecule has 0 fully saturated rings. The van der Waals surface area contributed by atoms with Crippen LogP contribution in [0.1, 0.15) is 6.42 Å². The highest BCUT2D eigenvalue weighted by Gasteiger charge is 2.21. The van der Waals surface area contributed by atoms with E-state index in [9.17, 15) is 5.11 Å². The van der Waals surface area contributed by atoms with Gasteiger partial charge in [-0.15, -0.1) is 0 Å². The van der Waals surface area contributed by atoms with Crippen LogP contribution in [0.3, 0.4) is 0 Å². The third-order valence-electron chi connectivity index (χ3n) is 5.02. The van der Waals surface area contributed by atoms with E-state index in [-0.39, 0.29) is 6.61 Å². The fraction of sp³-hybridized carbons (Fsp3) is 0.217. The highest BCUT2D eigenvalue weighted by Crippen LogP contribution is 2.39. The summed E-state index contributed by atoms with van der Waals surface area (Å²) in [5.41, 5.74) is 3.25. The Labute approximate surface area is 173 Å². The molecule has 0 aliphatic carbocycles. The van der Waals surface area contributed by atoms with Crippen LogP contribution in [0.15, 0.2) is 59.3 Å². The van der Waals surface area contributed by atoms with Crippen molar-refractivity contribution in [2.75, 3.05) is 20.8 Å². The lowest BCUT2D eigenvalue weighted by Gasteiger charge is -2.08. The highest BCUT2D eigenvalue weighted by molar-refractivity contribution is 5.99. The summed E-state index contributed by atoms with van der Waals surface area (Å²) in [6.45, 7) is 0.557. The molecule has 0 spiro atoms. The number of hydrogen-bond donors (Lipinski definition) is 2. The SMILES string of the molecule is COc1ccc(-c2oc3ncn(CCCO)c(=N)c3c2-c2ccc(OC)cc2)cc1. The molecular weight excluding hydrogens is 382 g/mol. The molecule has 7 heteroatoms. The van der Waals surface area contributed by atoms with Gasteiger partial charge in [-0.25, -0.2) is 4.98 Å². The summed E-state index contributed by atoms with van der Waals surface area (Å²) in [4.78, 5) is 4.44. The number of methoxy groups -OCH3 is 2. The minimum absolute atomic E-state index is 0.0539. The lowest BCUT2D eigenvalue weighted by Crippen LogP contribution is -2.21. The summed E-state index contributed by atoms with van der Waals surface area (Å²) in [7, 11) is 3.25. The van der Waals surface area contributed by atoms with Gasteiger partial charge >= 0.3 is 0 Å². The molecule has 4 aromatic rings. The molecule has 4 rings (SSSR count). The molecule has 0 saturated carbocycles. The van der Waals surface area contributed by atoms with Crippen LogP contribution in [0.25, 0.3) is 33.6 Å². The largest absolute Gasteiger partial charge is 0.497 e. The number of benzene rings is 2. The van der Waals surface area contributed by atoms with E-state index in [4.69, 9.17) is 19.3 Å². The van der Waals surface area contributed by atoms with E-state index in [1.165, 1.54) is 0 Å². The molecule has 0 atom stereocenters. The zero-order valence-corrected chi connectivity index (χ0v) is 16.9. The molecule has 0 saturated heterocycles. The lowest BCUT2D eigenvalue weighted by molar-refractivity contribution is 0.278. The summed E-state index contributed by atoms with van der Waals surface area (Å²) < 4.78 is 18.4. The van der Waals surface area contributed by atoms with E-state index >= 15 is 0 Å². The predicted octanol–water partition coefficient (Wildman–Crippen LogP) is 3.84. The van der Waals surface area contributed by atoms with Crippen molar-refractivity contribution in [3.8, 4) is 33.9 Å². The van der Waals surface area contributed by atoms with E-state index in [1.54, 1.807) is 25.1 Å². The Balaban J connectivity index is 1.97. The molecule has 0 radical (unpaired) electrons. The fourth-order valence-corrected chi connectivity index (χ4v) is 3.44. The molecule has 0 bridgehead atoms. The van der Waals surface area contributed by atoms with Crippen molar-refractivity contribution in [3.63, 3.8) is 0 Å². The monoisotopic (exact) mass is 405 g/mol. The average Bonchev–Trinajstić information content (AvgIpc) is 3.19. The molecule has 7 nitrogen and oxygen atoms in total. The Kier molecular flexibility index (Phi) is 5.54. The van der Waals surface area contributed by atoms with Crippen LogP contribution in [0.4, 0.5) is 0 Å². The topological polar surface area (TPSA) is 93.5 Å². The highest BCUT2D eigenvalue weighted by atomic mass is 16.5. The number of nitrogens with one attached hydrogen (secondary N) is 1. The smallest absolute Gasteiger partial charge is 0.232 e. The van der Waals surface area contributed by atoms with Gasteiger partial charge in [0.2, 0.25) is 5.71 Å². The first-order chi connectivity index (χ1) is 14.7. The molecular formula is C23H23N3O4. The number of ether oxygens (including phenoxy) is 2. The van der Waals surface area contributed by atoms with E-state index in [0.29, 0.717) is 35.3 Å². The maximum absolute atomic E-state index is 9.17. The van der Waals surface area contributed by atoms with Crippen molar-refractivity contribution in [1.82, 2.24) is 9.55 Å². The maximum atomic E-state index is 9.17. The van der Waals surface area contributed by atoms with Gasteiger partial charge in [0.15, 0.2) is 0 Å². The second kappa shape index (κ2) is 8.42. The molecule has 0 aliphatic rings. The van der Waals surface area contributed by atoms with Gasteiger partial charge in [0, 0.05) is 24.3 Å². The van der Waals surface area contributed by atoms with E-state index < -0.39 is 0 Å². The Morgan fingerprint density at radius 3 is 2.13 bits per heavy atom. The normalized spacial score (nSPS) is 11.0. The van der Waals surface area contributed by atoms with Gasteiger partial charge in [-0.1, -0.05) is 12.1 Å². The number of fused-ring (bicyclic) bond motifs is 1. The van der Waals surface area contributed by atoms with Crippen molar-refractivity contribution < 1.29 is 19.0 Å². The molecule has 154 valence electrons. The molecule has 30 heavy (non-hydrogen) atoms. The molecule has 2 aromatic heterocycles. The number of rotatable bonds is 7. The van der Waals surface area contributed by atoms with Crippen molar-refractivity contribution in [2.45, 2.75) is 13.0 Å². The maximum Gasteiger partial charge on any atom is 0.232 e. The second-order valence-corrected chi connectivity index (χ2v) is 6.81. The molecule has 2 heterocycles. The Morgan fingerprint density at radius 2 is 1.57 bits per heavy atom. The summed E-state index contributed by atoms with van der Waals surface area (Å²) in [5, 5.41) is 18.6. The number of nitrogens with zero attached hydrogens (tertiary/aromatic N) is 2. The van der Waals surface area contributed by atoms with Crippen LogP contribution in [0, 0.1) is 5.41 Å². The summed E-state index contributed by atoms with van der Waals surface area (Å²) >= 11 is 0. The van der Waals surface area contributed by atoms with Crippen LogP contribution in [0.2, 0.25) is 0 Å². The molecule has 0 aliphatic heterocycles. The number of furan rings is 1. The Morgan fingerprint density at radius 1 is 0.967 bits per heavy atom. The van der Waals surface area contributed by atoms with Crippen LogP contribution >= 0.6 is 0 Å². The van der Waals surface area contributed by atoms with Gasteiger partial charge in [-0.3, -0.25) is 5.41 Å². The zero-order chi connectivity index (χ0) is 21.1. The fourth-order valence-electron chi connectivity index (χ4n) is 3.44. The quantitative estimate of drug-likeness (QED) is 0.487. The van der Waals surface area contributed by atoms with Crippen molar-refractivity contribution in [3.05, 3.63) is 60.3 Å². The summed E-state index contributed by atoms with van der Waals surface area (Å²) in [6, 6.07) is 15.2. The van der Waals surface area contributed by atoms with Gasteiger partial charge in [0.1, 0.15) is 29.1 Å². The van der Waals surface area contributed by atoms with Crippen LogP contribution in [-0.2, 0) is 6.54 Å². The van der Waals surface area contributed by atoms with Gasteiger partial charge in [-0.05, 0) is 48.4 Å². The lowest BCUT2D eigenvalue weighted by atomic mass is 9.99. The van der Waals surface area contributed by atoms with E-state index in [2.05, 4.69) is 4.98 Å². The number of hydrogen-bond acceptors (Lipinski definition) is 6. The van der Waals surface area contributed by atoms with E-state index in [1.807, 2.05) is 48.5 Å². The summed E-state index contributed by atoms with van der Waals surface area (Å²) in [5.74, 6) is 2.14. The number of aliphatic hydroxyl groups is 1. The van der Waals surface area contributed by atoms with Gasteiger partial charge in [0.05, 0.1) is 19.6 Å². The number of aryl methyl sites for hydroxylation is 1. The Hall–Kier alpha value is -3.58. The molecule has 0 amide bonds. The predicted molar refractivity (Wildman–Crippen MR) is 114 cm³/mol. The molecule has 0 unspecified atom stereocenters. The van der Waals surface area contributed by atoms with E-state index in [0.717, 1.165) is 28.2 Å². The third kappa shape index (κ3) is 3.55. The number of aromatic nitrogens is 2. The minimum Gasteiger partial charge on any atom is -0.497 e. The molecule has 2 N–H and O–H groups in total. The van der Waals surface area contributed by atoms with Gasteiger partial charge in [-0.2, -0.15) is 0 Å². The zero-order valence-electron chi connectivity index (χ0n) is 16.9. The second-order valence-electron chi connectivity index (χ2n) is 6.81. The van der Waals surface area contributed by atoms with Gasteiger partial charge in [0.25, 0.3) is 0 Å². The minimum atomic E-state index is 0.0539. The summed E-state index contributed by atoms with van der Waals surface area (Å²) in [6.07, 6.45) is 2.13. The Bertz CT molecular complexity index is 1210. The van der Waals surface area contributed by atoms with Crippen LogP contribution < -0.4 is 15.0 Å². The first-order valence-corrected chi connectivity index (χ1v) is 9.62. The van der Waals surface area contributed by atoms with Crippen molar-refractivity contribution >= 4 is 11.1 Å². The van der Waals surface area contributed by atoms with Crippen molar-refractivity contribution in [2.24, 2.45) is 0 Å². The standard InChI is InChI=1S/C23H23N3O4/c1-28-17-8-4-15(5-9-17)19-20-22(24)26(12-3-13-27)14-25-23(20)30-21(19)16-6-10-18(29-2)11-7-16/h4-11,14,24,27H,3,12-13H2,1-2H3. The third-order valence-corrected chi connectivity index (χ3v) is 5.02. The van der Waals surface area contributed by atoms with Crippen molar-refractivity contribution in [1.29, 1.82) is 5.41 Å².